The lowest BCUT2D eigenvalue weighted by Crippen LogP contribution is -2.49. The molecule has 1 N–H and O–H groups in total. The van der Waals surface area contributed by atoms with Crippen LogP contribution in [0.3, 0.4) is 0 Å². The number of carbonyl (C=O) groups excluding carboxylic acids is 2. The molecule has 4 heteroatoms. The van der Waals surface area contributed by atoms with Crippen LogP contribution in [0.5, 0.6) is 0 Å². The maximum atomic E-state index is 13.2. The number of nitrogens with one attached hydrogen (secondary N) is 1. The van der Waals surface area contributed by atoms with E-state index in [1.807, 2.05) is 68.4 Å². The Bertz CT molecular complexity index is 758. The third-order valence-electron chi connectivity index (χ3n) is 5.01. The number of hydrogen-bond acceptors (Lipinski definition) is 2. The maximum absolute atomic E-state index is 13.2. The zero-order chi connectivity index (χ0) is 20.4. The van der Waals surface area contributed by atoms with Crippen LogP contribution in [0.2, 0.25) is 0 Å². The van der Waals surface area contributed by atoms with Crippen LogP contribution in [-0.2, 0) is 22.6 Å². The number of carbonyl (C=O) groups is 2. The van der Waals surface area contributed by atoms with Gasteiger partial charge in [-0.2, -0.15) is 0 Å². The summed E-state index contributed by atoms with van der Waals surface area (Å²) < 4.78 is 0. The molecule has 2 amide bonds. The van der Waals surface area contributed by atoms with Gasteiger partial charge in [-0.1, -0.05) is 74.9 Å². The molecule has 0 spiro atoms. The van der Waals surface area contributed by atoms with Crippen molar-refractivity contribution in [3.8, 4) is 0 Å². The van der Waals surface area contributed by atoms with Gasteiger partial charge in [0.2, 0.25) is 11.8 Å². The van der Waals surface area contributed by atoms with Crippen LogP contribution >= 0.6 is 0 Å². The highest BCUT2D eigenvalue weighted by Crippen LogP contribution is 2.16. The fraction of sp³-hybridized carbons (Fsp3) is 0.417. The molecule has 0 fully saturated rings. The fourth-order valence-corrected chi connectivity index (χ4v) is 3.28. The molecular formula is C24H32N2O2. The van der Waals surface area contributed by atoms with E-state index in [9.17, 15) is 9.59 Å². The molecule has 0 heterocycles. The van der Waals surface area contributed by atoms with Gasteiger partial charge < -0.3 is 10.2 Å². The first-order chi connectivity index (χ1) is 13.6. The summed E-state index contributed by atoms with van der Waals surface area (Å²) in [5.74, 6) is -0.0827. The van der Waals surface area contributed by atoms with Crippen LogP contribution in [0.15, 0.2) is 54.6 Å². The van der Waals surface area contributed by atoms with E-state index in [-0.39, 0.29) is 11.8 Å². The van der Waals surface area contributed by atoms with E-state index in [1.165, 1.54) is 0 Å². The minimum atomic E-state index is -0.464. The van der Waals surface area contributed by atoms with E-state index >= 15 is 0 Å². The van der Waals surface area contributed by atoms with E-state index in [0.717, 1.165) is 29.5 Å². The van der Waals surface area contributed by atoms with Crippen molar-refractivity contribution in [3.63, 3.8) is 0 Å². The van der Waals surface area contributed by atoms with Crippen molar-refractivity contribution in [1.29, 1.82) is 0 Å². The van der Waals surface area contributed by atoms with E-state index < -0.39 is 6.04 Å². The van der Waals surface area contributed by atoms with Gasteiger partial charge in [-0.15, -0.1) is 0 Å². The zero-order valence-electron chi connectivity index (χ0n) is 17.3. The monoisotopic (exact) mass is 380 g/mol. The Morgan fingerprint density at radius 2 is 1.68 bits per heavy atom. The maximum Gasteiger partial charge on any atom is 0.242 e. The summed E-state index contributed by atoms with van der Waals surface area (Å²) in [5, 5.41) is 3.00. The van der Waals surface area contributed by atoms with Crippen molar-refractivity contribution in [2.24, 2.45) is 0 Å². The highest BCUT2D eigenvalue weighted by Gasteiger charge is 2.28. The average molecular weight is 381 g/mol. The number of hydrogen-bond donors (Lipinski definition) is 1. The highest BCUT2D eigenvalue weighted by molar-refractivity contribution is 5.88. The Labute approximate surface area is 169 Å². The molecule has 28 heavy (non-hydrogen) atoms. The second-order valence-corrected chi connectivity index (χ2v) is 7.18. The number of rotatable bonds is 10. The van der Waals surface area contributed by atoms with Gasteiger partial charge in [0.05, 0.1) is 6.42 Å². The molecule has 0 aliphatic carbocycles. The summed E-state index contributed by atoms with van der Waals surface area (Å²) in [6.45, 7) is 7.15. The van der Waals surface area contributed by atoms with Crippen LogP contribution in [0.25, 0.3) is 0 Å². The predicted octanol–water partition coefficient (Wildman–Crippen LogP) is 4.26. The number of benzene rings is 2. The lowest BCUT2D eigenvalue weighted by Gasteiger charge is -2.31. The normalized spacial score (nSPS) is 11.7. The van der Waals surface area contributed by atoms with E-state index in [1.54, 1.807) is 4.90 Å². The van der Waals surface area contributed by atoms with Crippen LogP contribution < -0.4 is 5.32 Å². The number of unbranched alkanes of at least 4 members (excludes halogenated alkanes) is 1. The predicted molar refractivity (Wildman–Crippen MR) is 114 cm³/mol. The number of nitrogens with zero attached hydrogens (tertiary/aromatic N) is 1. The lowest BCUT2D eigenvalue weighted by atomic mass is 10.0. The van der Waals surface area contributed by atoms with Gasteiger partial charge in [-0.3, -0.25) is 9.59 Å². The summed E-state index contributed by atoms with van der Waals surface area (Å²) in [4.78, 5) is 27.8. The van der Waals surface area contributed by atoms with Crippen molar-refractivity contribution in [3.05, 3.63) is 71.3 Å². The Morgan fingerprint density at radius 1 is 1.00 bits per heavy atom. The molecule has 2 rings (SSSR count). The first-order valence-electron chi connectivity index (χ1n) is 10.2. The molecular weight excluding hydrogens is 348 g/mol. The van der Waals surface area contributed by atoms with Crippen LogP contribution in [0.4, 0.5) is 0 Å². The second kappa shape index (κ2) is 11.3. The van der Waals surface area contributed by atoms with Gasteiger partial charge in [0.25, 0.3) is 0 Å². The molecule has 150 valence electrons. The van der Waals surface area contributed by atoms with Crippen LogP contribution in [0, 0.1) is 6.92 Å². The molecule has 1 unspecified atom stereocenters. The Balaban J connectivity index is 2.22. The van der Waals surface area contributed by atoms with Crippen molar-refractivity contribution in [2.75, 3.05) is 6.54 Å². The minimum absolute atomic E-state index is 0.0179. The minimum Gasteiger partial charge on any atom is -0.354 e. The quantitative estimate of drug-likeness (QED) is 0.626. The SMILES string of the molecule is CCCCNC(=O)C(CC)N(Cc1ccccc1)C(=O)Cc1ccccc1C. The standard InChI is InChI=1S/C24H32N2O2/c1-4-6-16-25-24(28)22(5-2)26(18-20-13-8-7-9-14-20)23(27)17-21-15-11-10-12-19(21)3/h7-15,22H,4-6,16-18H2,1-3H3,(H,25,28). The summed E-state index contributed by atoms with van der Waals surface area (Å²) in [6.07, 6.45) is 2.86. The third-order valence-corrected chi connectivity index (χ3v) is 5.01. The molecule has 0 aliphatic rings. The molecule has 2 aromatic carbocycles. The van der Waals surface area contributed by atoms with Crippen molar-refractivity contribution in [1.82, 2.24) is 10.2 Å². The molecule has 0 saturated carbocycles. The Morgan fingerprint density at radius 3 is 2.32 bits per heavy atom. The number of aryl methyl sites for hydroxylation is 1. The topological polar surface area (TPSA) is 49.4 Å². The molecule has 0 bridgehead atoms. The molecule has 0 radical (unpaired) electrons. The summed E-state index contributed by atoms with van der Waals surface area (Å²) in [5.41, 5.74) is 3.13. The van der Waals surface area contributed by atoms with Crippen molar-refractivity contribution >= 4 is 11.8 Å². The third kappa shape index (κ3) is 6.22. The smallest absolute Gasteiger partial charge is 0.242 e. The largest absolute Gasteiger partial charge is 0.354 e. The van der Waals surface area contributed by atoms with Gasteiger partial charge in [-0.05, 0) is 36.5 Å². The number of amides is 2. The van der Waals surface area contributed by atoms with E-state index in [0.29, 0.717) is 25.9 Å². The van der Waals surface area contributed by atoms with Crippen LogP contribution in [-0.4, -0.2) is 29.3 Å². The molecule has 0 aromatic heterocycles. The summed E-state index contributed by atoms with van der Waals surface area (Å²) >= 11 is 0. The van der Waals surface area contributed by atoms with Crippen LogP contribution in [0.1, 0.15) is 49.8 Å². The van der Waals surface area contributed by atoms with Crippen molar-refractivity contribution < 1.29 is 9.59 Å². The molecule has 0 aliphatic heterocycles. The Hall–Kier alpha value is -2.62. The fourth-order valence-electron chi connectivity index (χ4n) is 3.28. The first-order valence-corrected chi connectivity index (χ1v) is 10.2. The first kappa shape index (κ1) is 21.7. The second-order valence-electron chi connectivity index (χ2n) is 7.18. The van der Waals surface area contributed by atoms with Gasteiger partial charge in [0.1, 0.15) is 6.04 Å². The zero-order valence-corrected chi connectivity index (χ0v) is 17.3. The molecule has 2 aromatic rings. The van der Waals surface area contributed by atoms with Crippen molar-refractivity contribution in [2.45, 2.75) is 59.0 Å². The highest BCUT2D eigenvalue weighted by atomic mass is 16.2. The summed E-state index contributed by atoms with van der Waals surface area (Å²) in [6, 6.07) is 17.3. The Kier molecular flexibility index (Phi) is 8.73. The van der Waals surface area contributed by atoms with Gasteiger partial charge in [0.15, 0.2) is 0 Å². The average Bonchev–Trinajstić information content (AvgIpc) is 2.70. The molecule has 4 nitrogen and oxygen atoms in total. The van der Waals surface area contributed by atoms with Gasteiger partial charge in [0, 0.05) is 13.1 Å². The molecule has 1 atom stereocenters. The molecule has 0 saturated heterocycles. The lowest BCUT2D eigenvalue weighted by molar-refractivity contribution is -0.140. The van der Waals surface area contributed by atoms with Gasteiger partial charge >= 0.3 is 0 Å². The van der Waals surface area contributed by atoms with E-state index in [2.05, 4.69) is 12.2 Å². The van der Waals surface area contributed by atoms with Gasteiger partial charge in [-0.25, -0.2) is 0 Å². The van der Waals surface area contributed by atoms with E-state index in [4.69, 9.17) is 0 Å². The summed E-state index contributed by atoms with van der Waals surface area (Å²) in [7, 11) is 0.